The molecule has 7 aromatic carbocycles. The lowest BCUT2D eigenvalue weighted by Crippen LogP contribution is -1.91. The lowest BCUT2D eigenvalue weighted by molar-refractivity contribution is 1.54. The Balaban J connectivity index is 1.25. The van der Waals surface area contributed by atoms with Crippen LogP contribution in [0.1, 0.15) is 0 Å². The normalized spacial score (nSPS) is 11.2. The van der Waals surface area contributed by atoms with Crippen molar-refractivity contribution in [3.63, 3.8) is 0 Å². The van der Waals surface area contributed by atoms with Gasteiger partial charge in [0.15, 0.2) is 0 Å². The van der Waals surface area contributed by atoms with Gasteiger partial charge in [-0.1, -0.05) is 115 Å². The molecule has 7 rings (SSSR count). The summed E-state index contributed by atoms with van der Waals surface area (Å²) < 4.78 is 0. The van der Waals surface area contributed by atoms with Crippen molar-refractivity contribution in [3.05, 3.63) is 146 Å². The van der Waals surface area contributed by atoms with Crippen molar-refractivity contribution in [2.75, 3.05) is 5.32 Å². The molecule has 37 heavy (non-hydrogen) atoms. The maximum Gasteiger partial charge on any atom is 0.0384 e. The Bertz CT molecular complexity index is 1870. The van der Waals surface area contributed by atoms with E-state index >= 15 is 0 Å². The Morgan fingerprint density at radius 1 is 0.324 bits per heavy atom. The van der Waals surface area contributed by atoms with Gasteiger partial charge in [0.25, 0.3) is 0 Å². The summed E-state index contributed by atoms with van der Waals surface area (Å²) in [5.74, 6) is 0. The number of fused-ring (bicyclic) bond motifs is 5. The van der Waals surface area contributed by atoms with E-state index in [0.717, 1.165) is 11.4 Å². The predicted octanol–water partition coefficient (Wildman–Crippen LogP) is 10.2. The minimum atomic E-state index is 1.08. The van der Waals surface area contributed by atoms with Gasteiger partial charge in [-0.05, 0) is 84.9 Å². The second kappa shape index (κ2) is 8.96. The molecule has 7 aromatic rings. The maximum absolute atomic E-state index is 3.55. The van der Waals surface area contributed by atoms with Crippen LogP contribution in [-0.2, 0) is 0 Å². The summed E-state index contributed by atoms with van der Waals surface area (Å²) in [6, 6.07) is 52.1. The lowest BCUT2D eigenvalue weighted by atomic mass is 9.91. The molecule has 0 amide bonds. The van der Waals surface area contributed by atoms with Gasteiger partial charge in [-0.15, -0.1) is 0 Å². The van der Waals surface area contributed by atoms with Crippen LogP contribution in [0.25, 0.3) is 54.6 Å². The molecule has 0 radical (unpaired) electrons. The Labute approximate surface area is 216 Å². The van der Waals surface area contributed by atoms with E-state index in [2.05, 4.69) is 145 Å². The minimum Gasteiger partial charge on any atom is -0.356 e. The third-order valence-electron chi connectivity index (χ3n) is 7.24. The van der Waals surface area contributed by atoms with Crippen molar-refractivity contribution >= 4 is 43.7 Å². The van der Waals surface area contributed by atoms with E-state index in [9.17, 15) is 0 Å². The van der Waals surface area contributed by atoms with Gasteiger partial charge in [0.05, 0.1) is 0 Å². The van der Waals surface area contributed by atoms with Gasteiger partial charge < -0.3 is 5.32 Å². The van der Waals surface area contributed by atoms with Gasteiger partial charge in [-0.2, -0.15) is 0 Å². The third-order valence-corrected chi connectivity index (χ3v) is 7.24. The van der Waals surface area contributed by atoms with E-state index in [1.54, 1.807) is 0 Å². The zero-order valence-corrected chi connectivity index (χ0v) is 20.4. The van der Waals surface area contributed by atoms with Crippen molar-refractivity contribution < 1.29 is 0 Å². The summed E-state index contributed by atoms with van der Waals surface area (Å²) in [4.78, 5) is 0. The monoisotopic (exact) mass is 471 g/mol. The Hall–Kier alpha value is -4.88. The van der Waals surface area contributed by atoms with E-state index < -0.39 is 0 Å². The molecule has 0 heterocycles. The molecule has 0 saturated carbocycles. The van der Waals surface area contributed by atoms with Crippen molar-refractivity contribution in [2.45, 2.75) is 0 Å². The molecular formula is C36H25N. The fourth-order valence-corrected chi connectivity index (χ4v) is 5.38. The molecule has 0 fully saturated rings. The first-order valence-corrected chi connectivity index (χ1v) is 12.7. The molecule has 1 N–H and O–H groups in total. The van der Waals surface area contributed by atoms with Gasteiger partial charge in [0, 0.05) is 11.4 Å². The van der Waals surface area contributed by atoms with E-state index in [1.165, 1.54) is 54.6 Å². The lowest BCUT2D eigenvalue weighted by Gasteiger charge is -2.14. The summed E-state index contributed by atoms with van der Waals surface area (Å²) in [6.07, 6.45) is 0. The highest BCUT2D eigenvalue weighted by atomic mass is 14.9. The van der Waals surface area contributed by atoms with Gasteiger partial charge in [-0.3, -0.25) is 0 Å². The second-order valence-electron chi connectivity index (χ2n) is 9.50. The summed E-state index contributed by atoms with van der Waals surface area (Å²) in [5, 5.41) is 11.3. The van der Waals surface area contributed by atoms with Crippen molar-refractivity contribution in [3.8, 4) is 22.3 Å². The summed E-state index contributed by atoms with van der Waals surface area (Å²) >= 11 is 0. The van der Waals surface area contributed by atoms with Crippen LogP contribution in [0.4, 0.5) is 11.4 Å². The van der Waals surface area contributed by atoms with Gasteiger partial charge in [-0.25, -0.2) is 0 Å². The molecule has 0 aliphatic rings. The average Bonchev–Trinajstić information content (AvgIpc) is 2.98. The van der Waals surface area contributed by atoms with Crippen LogP contribution < -0.4 is 5.32 Å². The van der Waals surface area contributed by atoms with Crippen LogP contribution in [-0.4, -0.2) is 0 Å². The number of nitrogens with one attached hydrogen (secondary N) is 1. The molecule has 174 valence electrons. The molecule has 1 nitrogen and oxygen atoms in total. The molecule has 1 heteroatoms. The molecule has 0 aliphatic heterocycles. The average molecular weight is 472 g/mol. The Kier molecular flexibility index (Phi) is 5.19. The summed E-state index contributed by atoms with van der Waals surface area (Å²) in [7, 11) is 0. The number of rotatable bonds is 4. The van der Waals surface area contributed by atoms with Crippen molar-refractivity contribution in [2.24, 2.45) is 0 Å². The van der Waals surface area contributed by atoms with Crippen LogP contribution in [0, 0.1) is 0 Å². The minimum absolute atomic E-state index is 1.08. The molecule has 0 unspecified atom stereocenters. The third kappa shape index (κ3) is 3.91. The van der Waals surface area contributed by atoms with Crippen LogP contribution in [0.2, 0.25) is 0 Å². The standard InChI is InChI=1S/C36H25N/c1-2-8-25(9-3-1)26-14-19-29(20-15-26)37-30-21-16-28(17-22-30)35-24-36-31-11-5-4-10-27(31)18-23-34(36)32-12-6-7-13-33(32)35/h1-24,37H. The zero-order valence-electron chi connectivity index (χ0n) is 20.4. The SMILES string of the molecule is c1ccc(-c2ccc(Nc3ccc(-c4cc5c6ccccc6ccc5c5ccccc45)cc3)cc2)cc1. The maximum atomic E-state index is 3.55. The number of hydrogen-bond donors (Lipinski definition) is 1. The smallest absolute Gasteiger partial charge is 0.0384 e. The number of hydrogen-bond acceptors (Lipinski definition) is 1. The first-order chi connectivity index (χ1) is 18.3. The molecule has 0 aromatic heterocycles. The predicted molar refractivity (Wildman–Crippen MR) is 160 cm³/mol. The Morgan fingerprint density at radius 3 is 1.59 bits per heavy atom. The van der Waals surface area contributed by atoms with Crippen LogP contribution in [0.3, 0.4) is 0 Å². The topological polar surface area (TPSA) is 12.0 Å². The van der Waals surface area contributed by atoms with E-state index in [-0.39, 0.29) is 0 Å². The number of anilines is 2. The van der Waals surface area contributed by atoms with E-state index in [4.69, 9.17) is 0 Å². The molecular weight excluding hydrogens is 446 g/mol. The fourth-order valence-electron chi connectivity index (χ4n) is 5.38. The van der Waals surface area contributed by atoms with Gasteiger partial charge in [0.1, 0.15) is 0 Å². The van der Waals surface area contributed by atoms with Crippen LogP contribution in [0.5, 0.6) is 0 Å². The first kappa shape index (κ1) is 21.4. The molecule has 0 atom stereocenters. The second-order valence-corrected chi connectivity index (χ2v) is 9.50. The van der Waals surface area contributed by atoms with Gasteiger partial charge in [0.2, 0.25) is 0 Å². The Morgan fingerprint density at radius 2 is 0.865 bits per heavy atom. The quantitative estimate of drug-likeness (QED) is 0.252. The van der Waals surface area contributed by atoms with Crippen molar-refractivity contribution in [1.29, 1.82) is 0 Å². The van der Waals surface area contributed by atoms with Crippen molar-refractivity contribution in [1.82, 2.24) is 0 Å². The highest BCUT2D eigenvalue weighted by Crippen LogP contribution is 2.38. The zero-order chi connectivity index (χ0) is 24.6. The number of benzene rings is 7. The molecule has 0 saturated heterocycles. The highest BCUT2D eigenvalue weighted by Gasteiger charge is 2.11. The van der Waals surface area contributed by atoms with Crippen LogP contribution in [0.15, 0.2) is 146 Å². The van der Waals surface area contributed by atoms with Gasteiger partial charge >= 0.3 is 0 Å². The van der Waals surface area contributed by atoms with Crippen LogP contribution >= 0.6 is 0 Å². The molecule has 0 bridgehead atoms. The summed E-state index contributed by atoms with van der Waals surface area (Å²) in [6.45, 7) is 0. The highest BCUT2D eigenvalue weighted by molar-refractivity contribution is 6.20. The largest absolute Gasteiger partial charge is 0.356 e. The van der Waals surface area contributed by atoms with E-state index in [0.29, 0.717) is 0 Å². The summed E-state index contributed by atoms with van der Waals surface area (Å²) in [5.41, 5.74) is 7.09. The fraction of sp³-hybridized carbons (Fsp3) is 0. The molecule has 0 aliphatic carbocycles. The first-order valence-electron chi connectivity index (χ1n) is 12.7. The molecule has 0 spiro atoms. The van der Waals surface area contributed by atoms with E-state index in [1.807, 2.05) is 6.07 Å².